The third-order valence-corrected chi connectivity index (χ3v) is 10.1. The van der Waals surface area contributed by atoms with Crippen molar-refractivity contribution in [2.24, 2.45) is 0 Å². The third-order valence-electron chi connectivity index (χ3n) is 7.00. The van der Waals surface area contributed by atoms with Gasteiger partial charge in [0, 0.05) is 49.0 Å². The number of benzene rings is 2. The van der Waals surface area contributed by atoms with E-state index in [0.29, 0.717) is 9.90 Å². The highest BCUT2D eigenvalue weighted by molar-refractivity contribution is 7.87. The quantitative estimate of drug-likeness (QED) is 0.252. The van der Waals surface area contributed by atoms with Gasteiger partial charge in [-0.25, -0.2) is 4.31 Å². The smallest absolute Gasteiger partial charge is 0.323 e. The Hall–Kier alpha value is -3.95. The Morgan fingerprint density at radius 2 is 1.84 bits per heavy atom. The second-order valence-electron chi connectivity index (χ2n) is 10.2. The Kier molecular flexibility index (Phi) is 9.27. The lowest BCUT2D eigenvalue weighted by Crippen LogP contribution is -2.47. The lowest BCUT2D eigenvalue weighted by Gasteiger charge is -2.31. The minimum absolute atomic E-state index is 0.0333. The van der Waals surface area contributed by atoms with Gasteiger partial charge in [0.05, 0.1) is 4.34 Å². The van der Waals surface area contributed by atoms with Crippen LogP contribution < -0.4 is 4.74 Å². The third kappa shape index (κ3) is 6.59. The van der Waals surface area contributed by atoms with Crippen molar-refractivity contribution in [3.8, 4) is 6.01 Å². The number of Topliss-reactive ketones (excluding diaryl/α,β-unsaturated/α-hetero) is 1. The number of amides is 1. The molecule has 2 aromatic carbocycles. The predicted octanol–water partition coefficient (Wildman–Crippen LogP) is 3.69. The number of ketones is 1. The minimum atomic E-state index is -3.94. The normalized spacial score (nSPS) is 16.2. The summed E-state index contributed by atoms with van der Waals surface area (Å²) in [7, 11) is -1.25. The van der Waals surface area contributed by atoms with Gasteiger partial charge in [-0.1, -0.05) is 54.1 Å². The maximum Gasteiger partial charge on any atom is 0.323 e. The molecule has 1 N–H and O–H groups in total. The molecule has 1 fully saturated rings. The maximum atomic E-state index is 13.8. The lowest BCUT2D eigenvalue weighted by molar-refractivity contribution is -0.128. The molecule has 44 heavy (non-hydrogen) atoms. The molecule has 230 valence electrons. The zero-order chi connectivity index (χ0) is 31.6. The van der Waals surface area contributed by atoms with E-state index in [2.05, 4.69) is 10.1 Å². The van der Waals surface area contributed by atoms with E-state index in [4.69, 9.17) is 16.3 Å². The second-order valence-corrected chi connectivity index (χ2v) is 14.0. The summed E-state index contributed by atoms with van der Waals surface area (Å²) >= 11 is 7.33. The molecular weight excluding hydrogens is 630 g/mol. The summed E-state index contributed by atoms with van der Waals surface area (Å²) in [5.41, 5.74) is 0.632. The molecule has 0 spiro atoms. The number of carbonyl (C=O) groups is 3. The molecule has 3 heterocycles. The number of ether oxygens (including phenoxy) is 1. The molecule has 1 saturated heterocycles. The zero-order valence-electron chi connectivity index (χ0n) is 23.7. The first kappa shape index (κ1) is 31.5. The molecule has 1 amide bonds. The Balaban J connectivity index is 1.43. The Labute approximate surface area is 262 Å². The van der Waals surface area contributed by atoms with E-state index in [1.165, 1.54) is 49.7 Å². The van der Waals surface area contributed by atoms with Crippen LogP contribution in [0, 0.1) is 0 Å². The van der Waals surface area contributed by atoms with Crippen molar-refractivity contribution in [2.75, 3.05) is 20.6 Å². The summed E-state index contributed by atoms with van der Waals surface area (Å²) in [6, 6.07) is 17.6. The Morgan fingerprint density at radius 1 is 1.11 bits per heavy atom. The van der Waals surface area contributed by atoms with Crippen LogP contribution in [0.4, 0.5) is 0 Å². The number of hydrogen-bond acceptors (Lipinski definition) is 10. The lowest BCUT2D eigenvalue weighted by atomic mass is 9.97. The predicted molar refractivity (Wildman–Crippen MR) is 162 cm³/mol. The Morgan fingerprint density at radius 3 is 2.50 bits per heavy atom. The molecule has 2 aromatic heterocycles. The summed E-state index contributed by atoms with van der Waals surface area (Å²) in [6.45, 7) is -0.0443. The van der Waals surface area contributed by atoms with E-state index in [9.17, 15) is 27.9 Å². The van der Waals surface area contributed by atoms with Gasteiger partial charge in [-0.2, -0.15) is 17.7 Å². The highest BCUT2D eigenvalue weighted by Gasteiger charge is 2.37. The molecule has 2 unspecified atom stereocenters. The summed E-state index contributed by atoms with van der Waals surface area (Å²) in [5.74, 6) is -2.21. The largest absolute Gasteiger partial charge is 0.458 e. The van der Waals surface area contributed by atoms with Crippen LogP contribution in [0.3, 0.4) is 0 Å². The first-order valence-corrected chi connectivity index (χ1v) is 16.0. The summed E-state index contributed by atoms with van der Waals surface area (Å²) in [6.07, 6.45) is -1.46. The van der Waals surface area contributed by atoms with Gasteiger partial charge in [-0.15, -0.1) is 21.1 Å². The average Bonchev–Trinajstić information content (AvgIpc) is 3.65. The van der Waals surface area contributed by atoms with Gasteiger partial charge in [0.2, 0.25) is 5.91 Å². The van der Waals surface area contributed by atoms with Crippen LogP contribution in [0.2, 0.25) is 4.34 Å². The number of hydrogen-bond donors (Lipinski definition) is 1. The van der Waals surface area contributed by atoms with Gasteiger partial charge in [0.1, 0.15) is 12.7 Å². The van der Waals surface area contributed by atoms with Crippen molar-refractivity contribution in [1.82, 2.24) is 23.4 Å². The van der Waals surface area contributed by atoms with Crippen molar-refractivity contribution >= 4 is 50.7 Å². The van der Waals surface area contributed by atoms with Crippen molar-refractivity contribution in [1.29, 1.82) is 0 Å². The van der Waals surface area contributed by atoms with Gasteiger partial charge < -0.3 is 9.84 Å². The van der Waals surface area contributed by atoms with E-state index >= 15 is 0 Å². The van der Waals surface area contributed by atoms with Crippen LogP contribution in [0.15, 0.2) is 66.7 Å². The van der Waals surface area contributed by atoms with E-state index in [1.54, 1.807) is 42.5 Å². The first-order valence-electron chi connectivity index (χ1n) is 13.4. The number of aliphatic hydroxyl groups is 1. The van der Waals surface area contributed by atoms with E-state index in [-0.39, 0.29) is 49.0 Å². The van der Waals surface area contributed by atoms with Crippen LogP contribution in [-0.4, -0.2) is 75.1 Å². The zero-order valence-corrected chi connectivity index (χ0v) is 26.1. The Bertz CT molecular complexity index is 1810. The van der Waals surface area contributed by atoms with Crippen LogP contribution in [0.5, 0.6) is 6.01 Å². The minimum Gasteiger partial charge on any atom is -0.458 e. The highest BCUT2D eigenvalue weighted by Crippen LogP contribution is 2.31. The number of thiophene rings is 1. The molecule has 0 saturated carbocycles. The molecule has 4 aromatic rings. The van der Waals surface area contributed by atoms with Gasteiger partial charge in [0.25, 0.3) is 5.91 Å². The number of carbonyl (C=O) groups excluding carboxylic acids is 3. The van der Waals surface area contributed by atoms with E-state index < -0.39 is 39.8 Å². The van der Waals surface area contributed by atoms with Crippen LogP contribution in [-0.2, 0) is 21.6 Å². The number of rotatable bonds is 10. The van der Waals surface area contributed by atoms with Gasteiger partial charge in [-0.05, 0) is 36.2 Å². The maximum absolute atomic E-state index is 13.8. The monoisotopic (exact) mass is 657 g/mol. The average molecular weight is 658 g/mol. The number of nitrogens with zero attached hydrogens (tertiary/aromatic N) is 5. The molecule has 12 nitrogen and oxygen atoms in total. The molecule has 2 atom stereocenters. The standard InChI is InChI=1S/C29H28ClN5O7S2/c1-33(2)44(40,41)34-14-13-20(16-24(34)36)27-31-29(42-17-22-11-12-23(30)43-22)35(32-27)28(39)21-10-6-9-19(15-21)26(38)25(37)18-7-4-3-5-8-18/h3-12,15,20,26,38H,13-14,16-17H2,1-2H3. The molecule has 1 aliphatic rings. The fourth-order valence-electron chi connectivity index (χ4n) is 4.63. The highest BCUT2D eigenvalue weighted by atomic mass is 35.5. The number of aromatic nitrogens is 3. The fraction of sp³-hybridized carbons (Fsp3) is 0.276. The topological polar surface area (TPSA) is 152 Å². The molecule has 5 rings (SSSR count). The summed E-state index contributed by atoms with van der Waals surface area (Å²) in [5, 5.41) is 15.2. The van der Waals surface area contributed by atoms with Crippen molar-refractivity contribution in [3.05, 3.63) is 98.5 Å². The number of halogens is 1. The van der Waals surface area contributed by atoms with Crippen molar-refractivity contribution in [2.45, 2.75) is 31.5 Å². The van der Waals surface area contributed by atoms with Crippen molar-refractivity contribution < 1.29 is 32.6 Å². The SMILES string of the molecule is CN(C)S(=O)(=O)N1CCC(c2nc(OCc3ccc(Cl)s3)n(C(=O)c3cccc(C(O)C(=O)c4ccccc4)c3)n2)CC1=O. The van der Waals surface area contributed by atoms with Gasteiger partial charge >= 0.3 is 16.2 Å². The summed E-state index contributed by atoms with van der Waals surface area (Å²) in [4.78, 5) is 44.6. The second kappa shape index (κ2) is 13.0. The van der Waals surface area contributed by atoms with Crippen LogP contribution >= 0.6 is 22.9 Å². The first-order chi connectivity index (χ1) is 21.0. The molecule has 0 bridgehead atoms. The molecular formula is C29H28ClN5O7S2. The molecule has 0 radical (unpaired) electrons. The molecule has 15 heteroatoms. The number of piperidine rings is 1. The van der Waals surface area contributed by atoms with E-state index in [1.807, 2.05) is 0 Å². The number of aliphatic hydroxyl groups excluding tert-OH is 1. The van der Waals surface area contributed by atoms with Gasteiger partial charge in [0.15, 0.2) is 11.6 Å². The molecule has 1 aliphatic heterocycles. The van der Waals surface area contributed by atoms with Crippen molar-refractivity contribution in [3.63, 3.8) is 0 Å². The fourth-order valence-corrected chi connectivity index (χ4v) is 6.69. The van der Waals surface area contributed by atoms with Crippen LogP contribution in [0.1, 0.15) is 61.8 Å². The van der Waals surface area contributed by atoms with E-state index in [0.717, 1.165) is 18.2 Å². The van der Waals surface area contributed by atoms with Crippen LogP contribution in [0.25, 0.3) is 0 Å². The molecule has 0 aliphatic carbocycles. The summed E-state index contributed by atoms with van der Waals surface area (Å²) < 4.78 is 34.3. The van der Waals surface area contributed by atoms with Gasteiger partial charge in [-0.3, -0.25) is 14.4 Å².